The molecule has 0 aliphatic rings. The number of carbonyl (C=O) groups excluding carboxylic acids is 1. The van der Waals surface area contributed by atoms with Crippen molar-refractivity contribution >= 4 is 11.6 Å². The molecule has 2 rings (SSSR count). The average molecular weight is 268 g/mol. The Morgan fingerprint density at radius 3 is 2.55 bits per heavy atom. The van der Waals surface area contributed by atoms with E-state index < -0.39 is 0 Å². The van der Waals surface area contributed by atoms with Crippen molar-refractivity contribution in [3.8, 4) is 0 Å². The summed E-state index contributed by atoms with van der Waals surface area (Å²) in [6.07, 6.45) is 1.93. The van der Waals surface area contributed by atoms with Crippen LogP contribution < -0.4 is 5.73 Å². The summed E-state index contributed by atoms with van der Waals surface area (Å²) in [6.45, 7) is 0.739. The highest BCUT2D eigenvalue weighted by molar-refractivity contribution is 5.94. The molecule has 104 valence electrons. The second-order valence-electron chi connectivity index (χ2n) is 4.94. The number of anilines is 1. The Morgan fingerprint density at radius 1 is 1.10 bits per heavy atom. The fourth-order valence-electron chi connectivity index (χ4n) is 2.16. The van der Waals surface area contributed by atoms with E-state index in [0.29, 0.717) is 11.3 Å². The van der Waals surface area contributed by atoms with Crippen LogP contribution in [0, 0.1) is 0 Å². The lowest BCUT2D eigenvalue weighted by molar-refractivity contribution is 0.0793. The second-order valence-corrected chi connectivity index (χ2v) is 4.94. The largest absolute Gasteiger partial charge is 0.399 e. The van der Waals surface area contributed by atoms with Gasteiger partial charge in [-0.25, -0.2) is 0 Å². The van der Waals surface area contributed by atoms with Gasteiger partial charge in [-0.05, 0) is 36.6 Å². The second kappa shape index (κ2) is 6.75. The molecule has 0 atom stereocenters. The Morgan fingerprint density at radius 2 is 1.85 bits per heavy atom. The first-order valence-corrected chi connectivity index (χ1v) is 6.82. The fraction of sp³-hybridized carbons (Fsp3) is 0.235. The van der Waals surface area contributed by atoms with Crippen LogP contribution in [0.2, 0.25) is 0 Å². The van der Waals surface area contributed by atoms with E-state index in [4.69, 9.17) is 5.73 Å². The number of nitrogens with zero attached hydrogens (tertiary/aromatic N) is 1. The van der Waals surface area contributed by atoms with Crippen molar-refractivity contribution in [2.45, 2.75) is 12.8 Å². The standard InChI is InChI=1S/C17H20N2O/c1-19(12-6-9-14-7-3-2-4-8-14)17(20)15-10-5-11-16(18)13-15/h2-5,7-8,10-11,13H,6,9,12,18H2,1H3. The van der Waals surface area contributed by atoms with Crippen LogP contribution in [0.3, 0.4) is 0 Å². The van der Waals surface area contributed by atoms with Crippen LogP contribution in [-0.4, -0.2) is 24.4 Å². The molecule has 3 nitrogen and oxygen atoms in total. The third-order valence-corrected chi connectivity index (χ3v) is 3.28. The van der Waals surface area contributed by atoms with Crippen LogP contribution in [-0.2, 0) is 6.42 Å². The lowest BCUT2D eigenvalue weighted by Crippen LogP contribution is -2.28. The van der Waals surface area contributed by atoms with Crippen molar-refractivity contribution in [2.24, 2.45) is 0 Å². The SMILES string of the molecule is CN(CCCc1ccccc1)C(=O)c1cccc(N)c1. The molecule has 0 heterocycles. The molecule has 0 saturated carbocycles. The highest BCUT2D eigenvalue weighted by atomic mass is 16.2. The minimum Gasteiger partial charge on any atom is -0.399 e. The van der Waals surface area contributed by atoms with Crippen molar-refractivity contribution in [2.75, 3.05) is 19.3 Å². The smallest absolute Gasteiger partial charge is 0.253 e. The van der Waals surface area contributed by atoms with Gasteiger partial charge < -0.3 is 10.6 Å². The molecule has 0 fully saturated rings. The Hall–Kier alpha value is -2.29. The maximum Gasteiger partial charge on any atom is 0.253 e. The molecule has 0 aliphatic heterocycles. The van der Waals surface area contributed by atoms with Gasteiger partial charge >= 0.3 is 0 Å². The van der Waals surface area contributed by atoms with Crippen LogP contribution in [0.25, 0.3) is 0 Å². The third kappa shape index (κ3) is 3.85. The number of hydrogen-bond donors (Lipinski definition) is 1. The molecule has 0 saturated heterocycles. The molecule has 0 aromatic heterocycles. The molecule has 0 unspecified atom stereocenters. The quantitative estimate of drug-likeness (QED) is 0.847. The van der Waals surface area contributed by atoms with Gasteiger partial charge in [-0.1, -0.05) is 36.4 Å². The monoisotopic (exact) mass is 268 g/mol. The van der Waals surface area contributed by atoms with Crippen molar-refractivity contribution < 1.29 is 4.79 Å². The number of rotatable bonds is 5. The van der Waals surface area contributed by atoms with E-state index in [0.717, 1.165) is 19.4 Å². The van der Waals surface area contributed by atoms with Gasteiger partial charge in [0.2, 0.25) is 0 Å². The first kappa shape index (κ1) is 14.1. The molecule has 0 aliphatic carbocycles. The van der Waals surface area contributed by atoms with Gasteiger partial charge in [-0.15, -0.1) is 0 Å². The Kier molecular flexibility index (Phi) is 4.77. The Bertz CT molecular complexity index is 566. The van der Waals surface area contributed by atoms with Crippen LogP contribution in [0.1, 0.15) is 22.3 Å². The molecule has 0 radical (unpaired) electrons. The number of nitrogen functional groups attached to an aromatic ring is 1. The first-order chi connectivity index (χ1) is 9.66. The van der Waals surface area contributed by atoms with Gasteiger partial charge in [0.05, 0.1) is 0 Å². The average Bonchev–Trinajstić information content (AvgIpc) is 2.47. The predicted molar refractivity (Wildman–Crippen MR) is 82.6 cm³/mol. The van der Waals surface area contributed by atoms with Gasteiger partial charge in [0, 0.05) is 24.8 Å². The van der Waals surface area contributed by atoms with Gasteiger partial charge in [-0.2, -0.15) is 0 Å². The summed E-state index contributed by atoms with van der Waals surface area (Å²) in [4.78, 5) is 14.0. The Balaban J connectivity index is 1.85. The molecule has 20 heavy (non-hydrogen) atoms. The maximum atomic E-state index is 12.2. The van der Waals surface area contributed by atoms with Crippen LogP contribution in [0.5, 0.6) is 0 Å². The molecule has 2 aromatic rings. The fourth-order valence-corrected chi connectivity index (χ4v) is 2.16. The summed E-state index contributed by atoms with van der Waals surface area (Å²) in [5.41, 5.74) is 8.27. The molecule has 3 heteroatoms. The van der Waals surface area contributed by atoms with Crippen molar-refractivity contribution in [3.63, 3.8) is 0 Å². The van der Waals surface area contributed by atoms with Gasteiger partial charge in [-0.3, -0.25) is 4.79 Å². The third-order valence-electron chi connectivity index (χ3n) is 3.28. The van der Waals surface area contributed by atoms with E-state index in [2.05, 4.69) is 12.1 Å². The lowest BCUT2D eigenvalue weighted by Gasteiger charge is -2.17. The molecular weight excluding hydrogens is 248 g/mol. The maximum absolute atomic E-state index is 12.2. The van der Waals surface area contributed by atoms with Crippen molar-refractivity contribution in [1.29, 1.82) is 0 Å². The first-order valence-electron chi connectivity index (χ1n) is 6.82. The molecule has 0 spiro atoms. The van der Waals surface area contributed by atoms with E-state index in [1.807, 2.05) is 25.2 Å². The number of amides is 1. The summed E-state index contributed by atoms with van der Waals surface area (Å²) in [5, 5.41) is 0. The lowest BCUT2D eigenvalue weighted by atomic mass is 10.1. The normalized spacial score (nSPS) is 10.2. The summed E-state index contributed by atoms with van der Waals surface area (Å²) in [5.74, 6) is 0.0189. The number of benzene rings is 2. The topological polar surface area (TPSA) is 46.3 Å². The number of aryl methyl sites for hydroxylation is 1. The summed E-state index contributed by atoms with van der Waals surface area (Å²) < 4.78 is 0. The zero-order valence-corrected chi connectivity index (χ0v) is 11.8. The van der Waals surface area contributed by atoms with Crippen molar-refractivity contribution in [3.05, 3.63) is 65.7 Å². The molecule has 1 amide bonds. The van der Waals surface area contributed by atoms with Gasteiger partial charge in [0.1, 0.15) is 0 Å². The van der Waals surface area contributed by atoms with Gasteiger partial charge in [0.25, 0.3) is 5.91 Å². The molecular formula is C17H20N2O. The highest BCUT2D eigenvalue weighted by Gasteiger charge is 2.11. The predicted octanol–water partition coefficient (Wildman–Crippen LogP) is 2.97. The van der Waals surface area contributed by atoms with Crippen LogP contribution in [0.15, 0.2) is 54.6 Å². The highest BCUT2D eigenvalue weighted by Crippen LogP contribution is 2.10. The van der Waals surface area contributed by atoms with Gasteiger partial charge in [0.15, 0.2) is 0 Å². The van der Waals surface area contributed by atoms with Crippen LogP contribution >= 0.6 is 0 Å². The van der Waals surface area contributed by atoms with Crippen molar-refractivity contribution in [1.82, 2.24) is 4.90 Å². The summed E-state index contributed by atoms with van der Waals surface area (Å²) in [6, 6.07) is 17.4. The number of carbonyl (C=O) groups is 1. The zero-order chi connectivity index (χ0) is 14.4. The molecule has 2 N–H and O–H groups in total. The van der Waals surface area contributed by atoms with E-state index in [1.165, 1.54) is 5.56 Å². The Labute approximate surface area is 120 Å². The number of hydrogen-bond acceptors (Lipinski definition) is 2. The zero-order valence-electron chi connectivity index (χ0n) is 11.8. The molecule has 2 aromatic carbocycles. The number of nitrogens with two attached hydrogens (primary N) is 1. The van der Waals surface area contributed by atoms with E-state index in [9.17, 15) is 4.79 Å². The minimum atomic E-state index is 0.0189. The van der Waals surface area contributed by atoms with Crippen LogP contribution in [0.4, 0.5) is 5.69 Å². The minimum absolute atomic E-state index is 0.0189. The van der Waals surface area contributed by atoms with E-state index in [-0.39, 0.29) is 5.91 Å². The van der Waals surface area contributed by atoms with E-state index in [1.54, 1.807) is 29.2 Å². The van der Waals surface area contributed by atoms with E-state index >= 15 is 0 Å². The summed E-state index contributed by atoms with van der Waals surface area (Å²) in [7, 11) is 1.83. The summed E-state index contributed by atoms with van der Waals surface area (Å²) >= 11 is 0. The molecule has 0 bridgehead atoms.